The van der Waals surface area contributed by atoms with Crippen LogP contribution in [0, 0.1) is 0 Å². The van der Waals surface area contributed by atoms with Gasteiger partial charge in [-0.15, -0.1) is 0 Å². The van der Waals surface area contributed by atoms with Gasteiger partial charge in [-0.05, 0) is 26.7 Å². The highest BCUT2D eigenvalue weighted by Gasteiger charge is 2.36. The molecule has 1 aliphatic carbocycles. The minimum Gasteiger partial charge on any atom is -0.391 e. The third-order valence-corrected chi connectivity index (χ3v) is 4.14. The second kappa shape index (κ2) is 4.82. The maximum absolute atomic E-state index is 12.3. The minimum atomic E-state index is -0.880. The van der Waals surface area contributed by atoms with Crippen molar-refractivity contribution in [2.45, 2.75) is 57.3 Å². The molecule has 1 aliphatic heterocycles. The maximum atomic E-state index is 12.3. The average molecular weight is 279 g/mol. The van der Waals surface area contributed by atoms with E-state index in [0.29, 0.717) is 19.0 Å². The Morgan fingerprint density at radius 3 is 2.75 bits per heavy atom. The van der Waals surface area contributed by atoms with Crippen molar-refractivity contribution >= 4 is 5.91 Å². The zero-order chi connectivity index (χ0) is 14.4. The predicted octanol–water partition coefficient (Wildman–Crippen LogP) is -0.233. The highest BCUT2D eigenvalue weighted by molar-refractivity contribution is 5.82. The van der Waals surface area contributed by atoms with Crippen LogP contribution in [0.15, 0.2) is 0 Å². The number of fused-ring (bicyclic) bond motifs is 1. The molecule has 1 fully saturated rings. The summed E-state index contributed by atoms with van der Waals surface area (Å²) in [6.45, 7) is 4.66. The van der Waals surface area contributed by atoms with Crippen LogP contribution in [0.2, 0.25) is 0 Å². The van der Waals surface area contributed by atoms with Crippen LogP contribution in [-0.4, -0.2) is 49.4 Å². The lowest BCUT2D eigenvalue weighted by Gasteiger charge is -2.35. The molecule has 0 saturated heterocycles. The van der Waals surface area contributed by atoms with Gasteiger partial charge in [-0.3, -0.25) is 4.79 Å². The summed E-state index contributed by atoms with van der Waals surface area (Å²) in [5.41, 5.74) is 5.75. The van der Waals surface area contributed by atoms with Gasteiger partial charge in [-0.2, -0.15) is 5.10 Å². The van der Waals surface area contributed by atoms with E-state index in [2.05, 4.69) is 10.1 Å². The molecule has 3 N–H and O–H groups in total. The fourth-order valence-corrected chi connectivity index (χ4v) is 2.59. The van der Waals surface area contributed by atoms with E-state index < -0.39 is 12.1 Å². The van der Waals surface area contributed by atoms with E-state index in [4.69, 9.17) is 5.73 Å². The summed E-state index contributed by atoms with van der Waals surface area (Å²) in [5, 5.41) is 14.0. The number of amides is 1. The first kappa shape index (κ1) is 13.5. The van der Waals surface area contributed by atoms with Crippen LogP contribution in [0.25, 0.3) is 0 Å². The number of aliphatic hydroxyl groups is 1. The first-order valence-corrected chi connectivity index (χ1v) is 7.17. The second-order valence-corrected chi connectivity index (χ2v) is 5.80. The maximum Gasteiger partial charge on any atom is 0.242 e. The van der Waals surface area contributed by atoms with Gasteiger partial charge in [0.1, 0.15) is 11.9 Å². The average Bonchev–Trinajstić information content (AvgIpc) is 3.17. The molecule has 20 heavy (non-hydrogen) atoms. The third kappa shape index (κ3) is 2.20. The van der Waals surface area contributed by atoms with Crippen molar-refractivity contribution in [2.24, 2.45) is 5.73 Å². The van der Waals surface area contributed by atoms with Crippen molar-refractivity contribution in [3.8, 4) is 0 Å². The number of carbonyl (C=O) groups excluding carboxylic acids is 1. The monoisotopic (exact) mass is 279 g/mol. The molecule has 1 saturated carbocycles. The van der Waals surface area contributed by atoms with E-state index in [1.807, 2.05) is 11.6 Å². The van der Waals surface area contributed by atoms with Crippen molar-refractivity contribution in [2.75, 3.05) is 6.54 Å². The first-order chi connectivity index (χ1) is 9.49. The molecule has 1 amide bonds. The number of aliphatic hydroxyl groups excluding tert-OH is 1. The molecule has 0 radical (unpaired) electrons. The van der Waals surface area contributed by atoms with Gasteiger partial charge >= 0.3 is 0 Å². The Balaban J connectivity index is 1.81. The van der Waals surface area contributed by atoms with Gasteiger partial charge in [0.05, 0.1) is 18.7 Å². The third-order valence-electron chi connectivity index (χ3n) is 4.14. The van der Waals surface area contributed by atoms with Crippen LogP contribution >= 0.6 is 0 Å². The first-order valence-electron chi connectivity index (χ1n) is 7.17. The minimum absolute atomic E-state index is 0.152. The number of rotatable bonds is 3. The van der Waals surface area contributed by atoms with E-state index in [1.54, 1.807) is 4.90 Å². The zero-order valence-electron chi connectivity index (χ0n) is 11.9. The van der Waals surface area contributed by atoms with E-state index in [-0.39, 0.29) is 11.9 Å². The lowest BCUT2D eigenvalue weighted by Crippen LogP contribution is -2.52. The van der Waals surface area contributed by atoms with E-state index >= 15 is 0 Å². The molecule has 2 heterocycles. The molecule has 0 bridgehead atoms. The number of hydrogen-bond donors (Lipinski definition) is 2. The van der Waals surface area contributed by atoms with Crippen molar-refractivity contribution in [3.63, 3.8) is 0 Å². The van der Waals surface area contributed by atoms with Gasteiger partial charge in [0.25, 0.3) is 0 Å². The highest BCUT2D eigenvalue weighted by atomic mass is 16.3. The lowest BCUT2D eigenvalue weighted by molar-refractivity contribution is -0.138. The second-order valence-electron chi connectivity index (χ2n) is 5.80. The van der Waals surface area contributed by atoms with E-state index in [1.165, 1.54) is 6.92 Å². The van der Waals surface area contributed by atoms with Gasteiger partial charge in [0, 0.05) is 12.5 Å². The van der Waals surface area contributed by atoms with Crippen molar-refractivity contribution in [1.29, 1.82) is 0 Å². The van der Waals surface area contributed by atoms with E-state index in [9.17, 15) is 9.90 Å². The largest absolute Gasteiger partial charge is 0.391 e. The smallest absolute Gasteiger partial charge is 0.242 e. The Hall–Kier alpha value is -1.47. The van der Waals surface area contributed by atoms with Crippen LogP contribution in [-0.2, 0) is 11.3 Å². The van der Waals surface area contributed by atoms with Crippen molar-refractivity contribution < 1.29 is 9.90 Å². The molecule has 7 nitrogen and oxygen atoms in total. The molecule has 2 aliphatic rings. The molecule has 3 rings (SSSR count). The quantitative estimate of drug-likeness (QED) is 0.796. The molecule has 110 valence electrons. The SMILES string of the molecule is C[C@@H]1c2nc(C3CC3)nn2CCN1C(=O)[C@@H](N)[C@@H](C)O. The lowest BCUT2D eigenvalue weighted by atomic mass is 10.1. The normalized spacial score (nSPS) is 25.2. The molecule has 1 aromatic rings. The number of carbonyl (C=O) groups is 1. The molecule has 7 heteroatoms. The Morgan fingerprint density at radius 1 is 1.45 bits per heavy atom. The highest BCUT2D eigenvalue weighted by Crippen LogP contribution is 2.39. The van der Waals surface area contributed by atoms with Crippen LogP contribution < -0.4 is 5.73 Å². The van der Waals surface area contributed by atoms with Crippen molar-refractivity contribution in [3.05, 3.63) is 11.6 Å². The summed E-state index contributed by atoms with van der Waals surface area (Å²) >= 11 is 0. The number of nitrogens with zero attached hydrogens (tertiary/aromatic N) is 4. The molecule has 0 unspecified atom stereocenters. The van der Waals surface area contributed by atoms with Crippen LogP contribution in [0.1, 0.15) is 50.3 Å². The fraction of sp³-hybridized carbons (Fsp3) is 0.769. The Morgan fingerprint density at radius 2 is 2.15 bits per heavy atom. The van der Waals surface area contributed by atoms with Gasteiger partial charge < -0.3 is 15.7 Å². The van der Waals surface area contributed by atoms with Gasteiger partial charge in [-0.1, -0.05) is 0 Å². The summed E-state index contributed by atoms with van der Waals surface area (Å²) in [5.74, 6) is 2.00. The Labute approximate surface area is 117 Å². The summed E-state index contributed by atoms with van der Waals surface area (Å²) in [7, 11) is 0. The Kier molecular flexibility index (Phi) is 3.25. The molecule has 3 atom stereocenters. The zero-order valence-corrected chi connectivity index (χ0v) is 11.9. The van der Waals surface area contributed by atoms with Crippen LogP contribution in [0.4, 0.5) is 0 Å². The summed E-state index contributed by atoms with van der Waals surface area (Å²) < 4.78 is 1.90. The number of aromatic nitrogens is 3. The van der Waals surface area contributed by atoms with Crippen LogP contribution in [0.5, 0.6) is 0 Å². The summed E-state index contributed by atoms with van der Waals surface area (Å²) in [6, 6.07) is -1.03. The molecular formula is C13H21N5O2. The van der Waals surface area contributed by atoms with Crippen molar-refractivity contribution in [1.82, 2.24) is 19.7 Å². The molecule has 1 aromatic heterocycles. The number of hydrogen-bond acceptors (Lipinski definition) is 5. The van der Waals surface area contributed by atoms with Crippen LogP contribution in [0.3, 0.4) is 0 Å². The standard InChI is InChI=1S/C13H21N5O2/c1-7-12-15-11(9-3-4-9)16-18(12)6-5-17(7)13(20)10(14)8(2)19/h7-10,19H,3-6,14H2,1-2H3/t7-,8-,10+/m1/s1. The van der Waals surface area contributed by atoms with E-state index in [0.717, 1.165) is 24.5 Å². The van der Waals surface area contributed by atoms with Gasteiger partial charge in [0.15, 0.2) is 5.82 Å². The Bertz CT molecular complexity index is 523. The topological polar surface area (TPSA) is 97.3 Å². The number of nitrogens with two attached hydrogens (primary N) is 1. The predicted molar refractivity (Wildman–Crippen MR) is 71.8 cm³/mol. The molecular weight excluding hydrogens is 258 g/mol. The molecule has 0 spiro atoms. The van der Waals surface area contributed by atoms with Gasteiger partial charge in [-0.25, -0.2) is 9.67 Å². The molecule has 0 aromatic carbocycles. The summed E-state index contributed by atoms with van der Waals surface area (Å²) in [4.78, 5) is 18.6. The fourth-order valence-electron chi connectivity index (χ4n) is 2.59. The van der Waals surface area contributed by atoms with Gasteiger partial charge in [0.2, 0.25) is 5.91 Å². The summed E-state index contributed by atoms with van der Waals surface area (Å²) in [6.07, 6.45) is 1.47.